The number of rotatable bonds is 2. The SMILES string of the molecule is CC(C)(N)Cc1cc(Br)cc(C(F)(F)F)c1O. The summed E-state index contributed by atoms with van der Waals surface area (Å²) in [6, 6.07) is 2.29. The van der Waals surface area contributed by atoms with E-state index in [1.165, 1.54) is 6.07 Å². The zero-order valence-corrected chi connectivity index (χ0v) is 11.0. The normalized spacial score (nSPS) is 12.9. The number of aromatic hydroxyl groups is 1. The molecule has 0 spiro atoms. The summed E-state index contributed by atoms with van der Waals surface area (Å²) in [5.41, 5.74) is 4.17. The van der Waals surface area contributed by atoms with Crippen molar-refractivity contribution in [1.29, 1.82) is 0 Å². The van der Waals surface area contributed by atoms with Crippen molar-refractivity contribution in [2.45, 2.75) is 32.0 Å². The molecular formula is C11H13BrF3NO. The van der Waals surface area contributed by atoms with Gasteiger partial charge >= 0.3 is 6.18 Å². The minimum Gasteiger partial charge on any atom is -0.507 e. The average molecular weight is 312 g/mol. The molecule has 1 rings (SSSR count). The van der Waals surface area contributed by atoms with Crippen molar-refractivity contribution in [2.75, 3.05) is 0 Å². The third-order valence-electron chi connectivity index (χ3n) is 2.11. The monoisotopic (exact) mass is 311 g/mol. The lowest BCUT2D eigenvalue weighted by Gasteiger charge is -2.21. The number of phenolic OH excluding ortho intramolecular Hbond substituents is 1. The third kappa shape index (κ3) is 3.89. The Hall–Kier alpha value is -0.750. The van der Waals surface area contributed by atoms with E-state index in [-0.39, 0.29) is 16.5 Å². The molecule has 6 heteroatoms. The summed E-state index contributed by atoms with van der Waals surface area (Å²) >= 11 is 3.00. The first kappa shape index (κ1) is 14.3. The lowest BCUT2D eigenvalue weighted by molar-refractivity contribution is -0.138. The lowest BCUT2D eigenvalue weighted by Crippen LogP contribution is -2.34. The van der Waals surface area contributed by atoms with Crippen LogP contribution in [0.15, 0.2) is 16.6 Å². The van der Waals surface area contributed by atoms with Crippen molar-refractivity contribution in [3.63, 3.8) is 0 Å². The van der Waals surface area contributed by atoms with Crippen LogP contribution in [-0.2, 0) is 12.6 Å². The fourth-order valence-corrected chi connectivity index (χ4v) is 2.00. The maximum absolute atomic E-state index is 12.6. The molecule has 0 aliphatic rings. The van der Waals surface area contributed by atoms with Crippen LogP contribution >= 0.6 is 15.9 Å². The molecule has 0 saturated carbocycles. The van der Waals surface area contributed by atoms with E-state index in [0.29, 0.717) is 0 Å². The van der Waals surface area contributed by atoms with Gasteiger partial charge in [-0.1, -0.05) is 15.9 Å². The van der Waals surface area contributed by atoms with E-state index < -0.39 is 23.0 Å². The summed E-state index contributed by atoms with van der Waals surface area (Å²) in [6.07, 6.45) is -4.43. The predicted octanol–water partition coefficient (Wildman–Crippen LogP) is 3.45. The maximum atomic E-state index is 12.6. The highest BCUT2D eigenvalue weighted by molar-refractivity contribution is 9.10. The van der Waals surface area contributed by atoms with Gasteiger partial charge in [-0.15, -0.1) is 0 Å². The number of phenols is 1. The van der Waals surface area contributed by atoms with Crippen molar-refractivity contribution in [1.82, 2.24) is 0 Å². The van der Waals surface area contributed by atoms with E-state index in [1.807, 2.05) is 0 Å². The van der Waals surface area contributed by atoms with Gasteiger partial charge in [0, 0.05) is 10.0 Å². The number of nitrogens with two attached hydrogens (primary N) is 1. The van der Waals surface area contributed by atoms with Crippen molar-refractivity contribution in [3.05, 3.63) is 27.7 Å². The fraction of sp³-hybridized carbons (Fsp3) is 0.455. The van der Waals surface area contributed by atoms with Crippen LogP contribution in [0.3, 0.4) is 0 Å². The molecule has 17 heavy (non-hydrogen) atoms. The van der Waals surface area contributed by atoms with Gasteiger partial charge in [0.2, 0.25) is 0 Å². The summed E-state index contributed by atoms with van der Waals surface area (Å²) in [5, 5.41) is 9.62. The van der Waals surface area contributed by atoms with Crippen molar-refractivity contribution >= 4 is 15.9 Å². The molecule has 0 aliphatic heterocycles. The standard InChI is InChI=1S/C11H13BrF3NO/c1-10(2,16)5-6-3-7(12)4-8(9(6)17)11(13,14)15/h3-4,17H,5,16H2,1-2H3. The molecule has 2 nitrogen and oxygen atoms in total. The van der Waals surface area contributed by atoms with Crippen LogP contribution in [0.25, 0.3) is 0 Å². The van der Waals surface area contributed by atoms with Crippen LogP contribution in [-0.4, -0.2) is 10.6 Å². The Kier molecular flexibility index (Phi) is 3.78. The fourth-order valence-electron chi connectivity index (χ4n) is 1.50. The zero-order valence-electron chi connectivity index (χ0n) is 9.40. The smallest absolute Gasteiger partial charge is 0.420 e. The van der Waals surface area contributed by atoms with Gasteiger partial charge in [0.15, 0.2) is 0 Å². The molecule has 0 aromatic heterocycles. The van der Waals surface area contributed by atoms with E-state index in [4.69, 9.17) is 5.73 Å². The van der Waals surface area contributed by atoms with Gasteiger partial charge in [0.25, 0.3) is 0 Å². The van der Waals surface area contributed by atoms with E-state index >= 15 is 0 Å². The number of benzene rings is 1. The molecule has 0 saturated heterocycles. The molecule has 1 aromatic rings. The van der Waals surface area contributed by atoms with Crippen LogP contribution in [0.2, 0.25) is 0 Å². The van der Waals surface area contributed by atoms with Crippen molar-refractivity contribution in [3.8, 4) is 5.75 Å². The van der Waals surface area contributed by atoms with Crippen molar-refractivity contribution in [2.24, 2.45) is 5.73 Å². The van der Waals surface area contributed by atoms with Crippen LogP contribution < -0.4 is 5.73 Å². The molecule has 0 bridgehead atoms. The van der Waals surface area contributed by atoms with Crippen LogP contribution in [0.5, 0.6) is 5.75 Å². The second-order valence-electron chi connectivity index (χ2n) is 4.62. The summed E-state index contributed by atoms with van der Waals surface area (Å²) < 4.78 is 38.2. The number of alkyl halides is 3. The molecule has 0 atom stereocenters. The highest BCUT2D eigenvalue weighted by Crippen LogP contribution is 2.40. The Bertz CT molecular complexity index is 424. The Labute approximate surface area is 106 Å². The first-order valence-corrected chi connectivity index (χ1v) is 5.67. The van der Waals surface area contributed by atoms with Gasteiger partial charge in [0.05, 0.1) is 5.56 Å². The molecule has 96 valence electrons. The molecule has 0 radical (unpaired) electrons. The van der Waals surface area contributed by atoms with Crippen LogP contribution in [0.1, 0.15) is 25.0 Å². The molecule has 0 aliphatic carbocycles. The van der Waals surface area contributed by atoms with Crippen molar-refractivity contribution < 1.29 is 18.3 Å². The van der Waals surface area contributed by atoms with E-state index in [0.717, 1.165) is 6.07 Å². The lowest BCUT2D eigenvalue weighted by atomic mass is 9.94. The van der Waals surface area contributed by atoms with Gasteiger partial charge in [-0.05, 0) is 38.0 Å². The molecule has 0 unspecified atom stereocenters. The van der Waals surface area contributed by atoms with Crippen LogP contribution in [0.4, 0.5) is 13.2 Å². The Morgan fingerprint density at radius 2 is 1.82 bits per heavy atom. The molecule has 0 amide bonds. The second kappa shape index (κ2) is 4.49. The minimum absolute atomic E-state index is 0.154. The maximum Gasteiger partial charge on any atom is 0.420 e. The molecule has 0 fully saturated rings. The van der Waals surface area contributed by atoms with Gasteiger partial charge in [-0.2, -0.15) is 13.2 Å². The van der Waals surface area contributed by atoms with E-state index in [2.05, 4.69) is 15.9 Å². The summed E-state index contributed by atoms with van der Waals surface area (Å²) in [6.45, 7) is 3.36. The average Bonchev–Trinajstić information content (AvgIpc) is 2.06. The number of hydrogen-bond donors (Lipinski definition) is 2. The topological polar surface area (TPSA) is 46.2 Å². The third-order valence-corrected chi connectivity index (χ3v) is 2.56. The Morgan fingerprint density at radius 3 is 2.24 bits per heavy atom. The highest BCUT2D eigenvalue weighted by atomic mass is 79.9. The summed E-state index contributed by atoms with van der Waals surface area (Å²) in [5.74, 6) is -0.751. The largest absolute Gasteiger partial charge is 0.507 e. The minimum atomic E-state index is -4.58. The van der Waals surface area contributed by atoms with Gasteiger partial charge in [0.1, 0.15) is 5.75 Å². The first-order valence-electron chi connectivity index (χ1n) is 4.88. The summed E-state index contributed by atoms with van der Waals surface area (Å²) in [7, 11) is 0. The van der Waals surface area contributed by atoms with Crippen LogP contribution in [0, 0.1) is 0 Å². The van der Waals surface area contributed by atoms with Gasteiger partial charge in [-0.3, -0.25) is 0 Å². The molecular weight excluding hydrogens is 299 g/mol. The Morgan fingerprint density at radius 1 is 1.29 bits per heavy atom. The Balaban J connectivity index is 3.29. The first-order chi connectivity index (χ1) is 7.50. The summed E-state index contributed by atoms with van der Waals surface area (Å²) in [4.78, 5) is 0. The number of halogens is 4. The van der Waals surface area contributed by atoms with E-state index in [9.17, 15) is 18.3 Å². The zero-order chi connectivity index (χ0) is 13.4. The number of hydrogen-bond acceptors (Lipinski definition) is 2. The predicted molar refractivity (Wildman–Crippen MR) is 62.8 cm³/mol. The van der Waals surface area contributed by atoms with Gasteiger partial charge < -0.3 is 10.8 Å². The quantitative estimate of drug-likeness (QED) is 0.878. The van der Waals surface area contributed by atoms with Gasteiger partial charge in [-0.25, -0.2) is 0 Å². The van der Waals surface area contributed by atoms with E-state index in [1.54, 1.807) is 13.8 Å². The highest BCUT2D eigenvalue weighted by Gasteiger charge is 2.35. The second-order valence-corrected chi connectivity index (χ2v) is 5.54. The molecule has 3 N–H and O–H groups in total. The molecule has 0 heterocycles. The molecule has 1 aromatic carbocycles.